The highest BCUT2D eigenvalue weighted by Crippen LogP contribution is 2.21. The van der Waals surface area contributed by atoms with Gasteiger partial charge in [-0.25, -0.2) is 12.8 Å². The zero-order valence-electron chi connectivity index (χ0n) is 18.4. The molecule has 1 amide bonds. The third-order valence-electron chi connectivity index (χ3n) is 5.75. The first kappa shape index (κ1) is 22.9. The lowest BCUT2D eigenvalue weighted by molar-refractivity contribution is 0.0627. The Labute approximate surface area is 193 Å². The van der Waals surface area contributed by atoms with E-state index >= 15 is 0 Å². The van der Waals surface area contributed by atoms with Gasteiger partial charge in [-0.2, -0.15) is 0 Å². The minimum Gasteiger partial charge on any atom is -0.336 e. The maximum absolute atomic E-state index is 13.2. The smallest absolute Gasteiger partial charge is 0.261 e. The second-order valence-corrected chi connectivity index (χ2v) is 9.83. The number of rotatable bonds is 6. The zero-order valence-corrected chi connectivity index (χ0v) is 19.2. The first-order chi connectivity index (χ1) is 15.8. The molecule has 0 spiro atoms. The molecule has 0 unspecified atom stereocenters. The van der Waals surface area contributed by atoms with Gasteiger partial charge in [-0.15, -0.1) is 0 Å². The molecule has 172 valence electrons. The lowest BCUT2D eigenvalue weighted by atomic mass is 10.1. The number of nitrogens with zero attached hydrogens (tertiary/aromatic N) is 2. The van der Waals surface area contributed by atoms with Crippen LogP contribution in [-0.4, -0.2) is 50.3 Å². The number of piperazine rings is 1. The van der Waals surface area contributed by atoms with Gasteiger partial charge in [0.2, 0.25) is 0 Å². The SMILES string of the molecule is Cc1ccc(S(=O)(=O)Nc2ccc(F)cc2)cc1C(=O)N1CCN(Cc2ccccc2)CC1. The average molecular weight is 468 g/mol. The van der Waals surface area contributed by atoms with Gasteiger partial charge < -0.3 is 4.90 Å². The van der Waals surface area contributed by atoms with Crippen molar-refractivity contribution in [2.45, 2.75) is 18.4 Å². The van der Waals surface area contributed by atoms with Crippen LogP contribution in [0, 0.1) is 12.7 Å². The van der Waals surface area contributed by atoms with E-state index in [9.17, 15) is 17.6 Å². The summed E-state index contributed by atoms with van der Waals surface area (Å²) >= 11 is 0. The molecule has 0 aliphatic carbocycles. The molecular formula is C25H26FN3O3S. The van der Waals surface area contributed by atoms with E-state index in [4.69, 9.17) is 0 Å². The van der Waals surface area contributed by atoms with Crippen LogP contribution in [0.15, 0.2) is 77.7 Å². The highest BCUT2D eigenvalue weighted by molar-refractivity contribution is 7.92. The fourth-order valence-corrected chi connectivity index (χ4v) is 4.94. The van der Waals surface area contributed by atoms with Crippen molar-refractivity contribution in [3.05, 3.63) is 95.3 Å². The number of halogens is 1. The Morgan fingerprint density at radius 1 is 0.939 bits per heavy atom. The van der Waals surface area contributed by atoms with Crippen LogP contribution in [0.4, 0.5) is 10.1 Å². The number of amides is 1. The Bertz CT molecular complexity index is 1220. The van der Waals surface area contributed by atoms with Crippen molar-refractivity contribution in [2.75, 3.05) is 30.9 Å². The maximum atomic E-state index is 13.2. The minimum atomic E-state index is -3.92. The number of sulfonamides is 1. The lowest BCUT2D eigenvalue weighted by Gasteiger charge is -2.35. The van der Waals surface area contributed by atoms with E-state index in [1.165, 1.54) is 42.0 Å². The summed E-state index contributed by atoms with van der Waals surface area (Å²) in [5.41, 5.74) is 2.57. The number of hydrogen-bond donors (Lipinski definition) is 1. The van der Waals surface area contributed by atoms with Crippen molar-refractivity contribution < 1.29 is 17.6 Å². The molecule has 8 heteroatoms. The fourth-order valence-electron chi connectivity index (χ4n) is 3.85. The first-order valence-corrected chi connectivity index (χ1v) is 12.2. The Hall–Kier alpha value is -3.23. The van der Waals surface area contributed by atoms with Crippen molar-refractivity contribution in [2.24, 2.45) is 0 Å². The molecule has 33 heavy (non-hydrogen) atoms. The monoisotopic (exact) mass is 467 g/mol. The largest absolute Gasteiger partial charge is 0.336 e. The van der Waals surface area contributed by atoms with Crippen LogP contribution in [-0.2, 0) is 16.6 Å². The molecule has 1 fully saturated rings. The predicted octanol–water partition coefficient (Wildman–Crippen LogP) is 3.89. The van der Waals surface area contributed by atoms with Crippen molar-refractivity contribution in [3.8, 4) is 0 Å². The molecule has 0 atom stereocenters. The second kappa shape index (κ2) is 9.72. The van der Waals surface area contributed by atoms with Crippen molar-refractivity contribution in [1.29, 1.82) is 0 Å². The summed E-state index contributed by atoms with van der Waals surface area (Å²) in [7, 11) is -3.92. The van der Waals surface area contributed by atoms with Gasteiger partial charge in [-0.3, -0.25) is 14.4 Å². The van der Waals surface area contributed by atoms with Gasteiger partial charge in [0, 0.05) is 44.0 Å². The summed E-state index contributed by atoms with van der Waals surface area (Å²) in [5.74, 6) is -0.629. The van der Waals surface area contributed by atoms with Crippen molar-refractivity contribution in [1.82, 2.24) is 9.80 Å². The molecule has 4 rings (SSSR count). The second-order valence-electron chi connectivity index (χ2n) is 8.14. The van der Waals surface area contributed by atoms with Crippen LogP contribution in [0.5, 0.6) is 0 Å². The number of carbonyl (C=O) groups is 1. The van der Waals surface area contributed by atoms with E-state index in [1.807, 2.05) is 18.2 Å². The van der Waals surface area contributed by atoms with Crippen LogP contribution in [0.3, 0.4) is 0 Å². The molecule has 0 radical (unpaired) electrons. The number of carbonyl (C=O) groups excluding carboxylic acids is 1. The number of anilines is 1. The van der Waals surface area contributed by atoms with E-state index in [1.54, 1.807) is 17.9 Å². The van der Waals surface area contributed by atoms with Crippen LogP contribution in [0.25, 0.3) is 0 Å². The average Bonchev–Trinajstić information content (AvgIpc) is 2.81. The molecular weight excluding hydrogens is 441 g/mol. The van der Waals surface area contributed by atoms with Crippen molar-refractivity contribution in [3.63, 3.8) is 0 Å². The molecule has 0 saturated carbocycles. The summed E-state index contributed by atoms with van der Waals surface area (Å²) in [4.78, 5) is 17.3. The highest BCUT2D eigenvalue weighted by atomic mass is 32.2. The molecule has 1 saturated heterocycles. The lowest BCUT2D eigenvalue weighted by Crippen LogP contribution is -2.48. The number of aryl methyl sites for hydroxylation is 1. The normalized spacial score (nSPS) is 14.8. The van der Waals surface area contributed by atoms with Gasteiger partial charge in [-0.05, 0) is 54.4 Å². The Morgan fingerprint density at radius 2 is 1.61 bits per heavy atom. The number of hydrogen-bond acceptors (Lipinski definition) is 4. The Balaban J connectivity index is 1.45. The van der Waals surface area contributed by atoms with E-state index in [0.717, 1.165) is 19.6 Å². The molecule has 1 aliphatic heterocycles. The number of benzene rings is 3. The van der Waals surface area contributed by atoms with Gasteiger partial charge in [0.25, 0.3) is 15.9 Å². The van der Waals surface area contributed by atoms with Gasteiger partial charge in [0.1, 0.15) is 5.82 Å². The van der Waals surface area contributed by atoms with Crippen LogP contribution >= 0.6 is 0 Å². The summed E-state index contributed by atoms with van der Waals surface area (Å²) in [6.07, 6.45) is 0. The zero-order chi connectivity index (χ0) is 23.4. The summed E-state index contributed by atoms with van der Waals surface area (Å²) in [6, 6.07) is 19.8. The molecule has 6 nitrogen and oxygen atoms in total. The third-order valence-corrected chi connectivity index (χ3v) is 7.13. The quantitative estimate of drug-likeness (QED) is 0.597. The van der Waals surface area contributed by atoms with Gasteiger partial charge in [0.05, 0.1) is 4.90 Å². The molecule has 1 heterocycles. The molecule has 3 aromatic carbocycles. The van der Waals surface area contributed by atoms with E-state index in [2.05, 4.69) is 21.8 Å². The molecule has 1 aliphatic rings. The highest BCUT2D eigenvalue weighted by Gasteiger charge is 2.25. The Morgan fingerprint density at radius 3 is 2.27 bits per heavy atom. The molecule has 0 aromatic heterocycles. The van der Waals surface area contributed by atoms with E-state index in [0.29, 0.717) is 24.2 Å². The topological polar surface area (TPSA) is 69.7 Å². The summed E-state index contributed by atoms with van der Waals surface area (Å²) in [5, 5.41) is 0. The fraction of sp³-hybridized carbons (Fsp3) is 0.240. The third kappa shape index (κ3) is 5.58. The van der Waals surface area contributed by atoms with Crippen LogP contribution in [0.2, 0.25) is 0 Å². The standard InChI is InChI=1S/C25H26FN3O3S/c1-19-7-12-23(33(31,32)27-22-10-8-21(26)9-11-22)17-24(19)25(30)29-15-13-28(14-16-29)18-20-5-3-2-4-6-20/h2-12,17,27H,13-16,18H2,1H3. The molecule has 3 aromatic rings. The maximum Gasteiger partial charge on any atom is 0.261 e. The van der Waals surface area contributed by atoms with E-state index in [-0.39, 0.29) is 16.5 Å². The molecule has 0 bridgehead atoms. The minimum absolute atomic E-state index is 0.0107. The van der Waals surface area contributed by atoms with E-state index < -0.39 is 15.8 Å². The van der Waals surface area contributed by atoms with Gasteiger partial charge in [-0.1, -0.05) is 36.4 Å². The van der Waals surface area contributed by atoms with Crippen molar-refractivity contribution >= 4 is 21.6 Å². The van der Waals surface area contributed by atoms with Crippen LogP contribution < -0.4 is 4.72 Å². The van der Waals surface area contributed by atoms with Gasteiger partial charge >= 0.3 is 0 Å². The Kier molecular flexibility index (Phi) is 6.76. The summed E-state index contributed by atoms with van der Waals surface area (Å²) < 4.78 is 41.2. The summed E-state index contributed by atoms with van der Waals surface area (Å²) in [6.45, 7) is 5.30. The first-order valence-electron chi connectivity index (χ1n) is 10.8. The van der Waals surface area contributed by atoms with Gasteiger partial charge in [0.15, 0.2) is 0 Å². The van der Waals surface area contributed by atoms with Crippen LogP contribution in [0.1, 0.15) is 21.5 Å². The molecule has 1 N–H and O–H groups in total. The predicted molar refractivity (Wildman–Crippen MR) is 126 cm³/mol. The number of nitrogens with one attached hydrogen (secondary N) is 1.